The topological polar surface area (TPSA) is 9.23 Å². The molecule has 1 atom stereocenters. The van der Waals surface area contributed by atoms with E-state index in [2.05, 4.69) is 42.5 Å². The SMILES string of the molecule is C1=CCOCC1.FC(F)(F)c1ccc(CC2CC3=c4ccccc4=CCC3=C3CCCC=C32)cc1. The zero-order valence-corrected chi connectivity index (χ0v) is 19.9. The molecule has 1 nitrogen and oxygen atoms in total. The van der Waals surface area contributed by atoms with Gasteiger partial charge in [0.25, 0.3) is 0 Å². The highest BCUT2D eigenvalue weighted by Gasteiger charge is 2.32. The molecule has 1 heterocycles. The molecule has 4 heteroatoms. The van der Waals surface area contributed by atoms with Crippen LogP contribution in [0.5, 0.6) is 0 Å². The first-order valence-corrected chi connectivity index (χ1v) is 12.6. The second-order valence-corrected chi connectivity index (χ2v) is 9.62. The Kier molecular flexibility index (Phi) is 7.10. The molecule has 182 valence electrons. The molecule has 6 rings (SSSR count). The third kappa shape index (κ3) is 5.38. The Morgan fingerprint density at radius 1 is 0.857 bits per heavy atom. The van der Waals surface area contributed by atoms with Crippen LogP contribution in [-0.4, -0.2) is 13.2 Å². The lowest BCUT2D eigenvalue weighted by atomic mass is 9.69. The summed E-state index contributed by atoms with van der Waals surface area (Å²) in [7, 11) is 0. The van der Waals surface area contributed by atoms with Gasteiger partial charge < -0.3 is 4.74 Å². The van der Waals surface area contributed by atoms with Gasteiger partial charge in [-0.3, -0.25) is 0 Å². The predicted molar refractivity (Wildman–Crippen MR) is 135 cm³/mol. The number of hydrogen-bond acceptors (Lipinski definition) is 1. The zero-order chi connectivity index (χ0) is 24.3. The van der Waals surface area contributed by atoms with Crippen molar-refractivity contribution in [3.8, 4) is 0 Å². The van der Waals surface area contributed by atoms with E-state index in [1.807, 2.05) is 6.08 Å². The largest absolute Gasteiger partial charge is 0.416 e. The van der Waals surface area contributed by atoms with Gasteiger partial charge in [0.2, 0.25) is 0 Å². The van der Waals surface area contributed by atoms with Crippen LogP contribution < -0.4 is 10.4 Å². The minimum Gasteiger partial charge on any atom is -0.377 e. The van der Waals surface area contributed by atoms with Crippen LogP contribution in [0.2, 0.25) is 0 Å². The fourth-order valence-corrected chi connectivity index (χ4v) is 5.67. The van der Waals surface area contributed by atoms with Gasteiger partial charge in [-0.1, -0.05) is 60.7 Å². The highest BCUT2D eigenvalue weighted by atomic mass is 19.4. The van der Waals surface area contributed by atoms with Gasteiger partial charge in [0, 0.05) is 0 Å². The predicted octanol–water partition coefficient (Wildman–Crippen LogP) is 6.67. The van der Waals surface area contributed by atoms with Crippen molar-refractivity contribution in [1.82, 2.24) is 0 Å². The molecule has 0 fully saturated rings. The van der Waals surface area contributed by atoms with Crippen molar-refractivity contribution in [3.63, 3.8) is 0 Å². The van der Waals surface area contributed by atoms with Crippen LogP contribution in [0, 0.1) is 5.92 Å². The van der Waals surface area contributed by atoms with Crippen LogP contribution in [0.15, 0.2) is 83.5 Å². The lowest BCUT2D eigenvalue weighted by Crippen LogP contribution is -2.33. The molecular weight excluding hydrogens is 445 g/mol. The molecule has 0 saturated carbocycles. The van der Waals surface area contributed by atoms with Gasteiger partial charge in [0.1, 0.15) is 0 Å². The Morgan fingerprint density at radius 3 is 2.37 bits per heavy atom. The summed E-state index contributed by atoms with van der Waals surface area (Å²) >= 11 is 0. The standard InChI is InChI=1S/C26H23F3.C5H8O/c27-26(28,29)20-12-9-17(10-13-20)15-19-16-25-21-6-2-1-5-18(21)11-14-24(25)23-8-4-3-7-22(19)23;1-2-4-6-5-3-1/h1-2,5-7,9-13,19H,3-4,8,14-16H2;1-2H,3-5H2. The maximum atomic E-state index is 12.9. The van der Waals surface area contributed by atoms with Crippen LogP contribution in [0.3, 0.4) is 0 Å². The number of allylic oxidation sites excluding steroid dienone is 4. The summed E-state index contributed by atoms with van der Waals surface area (Å²) in [5.74, 6) is 0.340. The van der Waals surface area contributed by atoms with E-state index in [0.717, 1.165) is 57.3 Å². The average Bonchev–Trinajstić information content (AvgIpc) is 2.90. The third-order valence-electron chi connectivity index (χ3n) is 7.35. The third-order valence-corrected chi connectivity index (χ3v) is 7.35. The van der Waals surface area contributed by atoms with E-state index in [0.29, 0.717) is 5.92 Å². The second kappa shape index (κ2) is 10.4. The lowest BCUT2D eigenvalue weighted by molar-refractivity contribution is -0.137. The molecule has 1 aliphatic heterocycles. The van der Waals surface area contributed by atoms with Crippen molar-refractivity contribution >= 4 is 11.6 Å². The van der Waals surface area contributed by atoms with Gasteiger partial charge in [-0.25, -0.2) is 0 Å². The van der Waals surface area contributed by atoms with E-state index >= 15 is 0 Å². The monoisotopic (exact) mass is 476 g/mol. The number of ether oxygens (including phenoxy) is 1. The Balaban J connectivity index is 0.000000371. The summed E-state index contributed by atoms with van der Waals surface area (Å²) in [6.45, 7) is 1.73. The molecule has 1 unspecified atom stereocenters. The van der Waals surface area contributed by atoms with E-state index in [-0.39, 0.29) is 0 Å². The molecule has 0 radical (unpaired) electrons. The Labute approximate surface area is 205 Å². The smallest absolute Gasteiger partial charge is 0.377 e. The van der Waals surface area contributed by atoms with Crippen molar-refractivity contribution in [3.05, 3.63) is 105 Å². The molecule has 0 saturated heterocycles. The summed E-state index contributed by atoms with van der Waals surface area (Å²) in [5, 5.41) is 2.65. The summed E-state index contributed by atoms with van der Waals surface area (Å²) < 4.78 is 43.7. The van der Waals surface area contributed by atoms with Crippen molar-refractivity contribution in [2.75, 3.05) is 13.2 Å². The van der Waals surface area contributed by atoms with Crippen LogP contribution in [0.25, 0.3) is 11.6 Å². The normalized spacial score (nSPS) is 21.1. The highest BCUT2D eigenvalue weighted by Crippen LogP contribution is 2.45. The Bertz CT molecular complexity index is 1270. The molecule has 4 aliphatic rings. The number of hydrogen-bond donors (Lipinski definition) is 0. The molecule has 0 spiro atoms. The molecule has 2 aromatic rings. The van der Waals surface area contributed by atoms with E-state index in [1.54, 1.807) is 12.1 Å². The maximum Gasteiger partial charge on any atom is 0.416 e. The first-order valence-electron chi connectivity index (χ1n) is 12.6. The van der Waals surface area contributed by atoms with Crippen molar-refractivity contribution < 1.29 is 17.9 Å². The van der Waals surface area contributed by atoms with Crippen LogP contribution in [0.1, 0.15) is 49.7 Å². The van der Waals surface area contributed by atoms with Crippen molar-refractivity contribution in [2.24, 2.45) is 5.92 Å². The number of alkyl halides is 3. The summed E-state index contributed by atoms with van der Waals surface area (Å²) in [6, 6.07) is 14.3. The van der Waals surface area contributed by atoms with Gasteiger partial charge in [0.05, 0.1) is 18.8 Å². The maximum absolute atomic E-state index is 12.9. The summed E-state index contributed by atoms with van der Waals surface area (Å²) in [5.41, 5.74) is 6.31. The molecule has 0 amide bonds. The zero-order valence-electron chi connectivity index (χ0n) is 19.9. The molecule has 0 aromatic heterocycles. The molecule has 35 heavy (non-hydrogen) atoms. The van der Waals surface area contributed by atoms with Gasteiger partial charge in [-0.05, 0) is 101 Å². The minimum absolute atomic E-state index is 0.340. The van der Waals surface area contributed by atoms with Crippen LogP contribution in [0.4, 0.5) is 13.2 Å². The highest BCUT2D eigenvalue weighted by molar-refractivity contribution is 5.75. The number of rotatable bonds is 2. The molecule has 0 bridgehead atoms. The first-order chi connectivity index (χ1) is 17.0. The summed E-state index contributed by atoms with van der Waals surface area (Å²) in [4.78, 5) is 0. The molecular formula is C31H31F3O. The van der Waals surface area contributed by atoms with Crippen molar-refractivity contribution in [1.29, 1.82) is 0 Å². The number of halogens is 3. The van der Waals surface area contributed by atoms with Crippen molar-refractivity contribution in [2.45, 2.75) is 51.1 Å². The van der Waals surface area contributed by atoms with Gasteiger partial charge in [0.15, 0.2) is 0 Å². The van der Waals surface area contributed by atoms with E-state index in [1.165, 1.54) is 51.3 Å². The van der Waals surface area contributed by atoms with E-state index in [9.17, 15) is 13.2 Å². The first kappa shape index (κ1) is 23.9. The van der Waals surface area contributed by atoms with E-state index < -0.39 is 11.7 Å². The fourth-order valence-electron chi connectivity index (χ4n) is 5.67. The minimum atomic E-state index is -4.28. The van der Waals surface area contributed by atoms with Crippen LogP contribution >= 0.6 is 0 Å². The lowest BCUT2D eigenvalue weighted by Gasteiger charge is -2.36. The van der Waals surface area contributed by atoms with Crippen LogP contribution in [-0.2, 0) is 17.3 Å². The van der Waals surface area contributed by atoms with E-state index in [4.69, 9.17) is 4.74 Å². The molecule has 3 aliphatic carbocycles. The quantitative estimate of drug-likeness (QED) is 0.440. The fraction of sp³-hybridized carbons (Fsp3) is 0.355. The summed E-state index contributed by atoms with van der Waals surface area (Å²) in [6.07, 6.45) is 11.9. The Hall–Kier alpha value is -2.85. The van der Waals surface area contributed by atoms with Gasteiger partial charge >= 0.3 is 6.18 Å². The number of fused-ring (bicyclic) bond motifs is 3. The molecule has 2 aromatic carbocycles. The van der Waals surface area contributed by atoms with Gasteiger partial charge in [-0.2, -0.15) is 13.2 Å². The number of benzene rings is 2. The average molecular weight is 477 g/mol. The Morgan fingerprint density at radius 2 is 1.69 bits per heavy atom. The van der Waals surface area contributed by atoms with Gasteiger partial charge in [-0.15, -0.1) is 0 Å². The second-order valence-electron chi connectivity index (χ2n) is 9.62. The molecule has 0 N–H and O–H groups in total.